The third-order valence-electron chi connectivity index (χ3n) is 3.61. The van der Waals surface area contributed by atoms with E-state index in [9.17, 15) is 4.79 Å². The summed E-state index contributed by atoms with van der Waals surface area (Å²) in [6.07, 6.45) is 4.28. The first kappa shape index (κ1) is 14.9. The SMILES string of the molecule is COCCNC(=O)[C@@H](C)Oc1ccc2c(c1)CCCC2. The van der Waals surface area contributed by atoms with Crippen LogP contribution in [0.3, 0.4) is 0 Å². The molecule has 0 bridgehead atoms. The molecule has 4 heteroatoms. The molecule has 0 unspecified atom stereocenters. The molecule has 0 fully saturated rings. The molecule has 0 aliphatic heterocycles. The third-order valence-corrected chi connectivity index (χ3v) is 3.61. The van der Waals surface area contributed by atoms with Gasteiger partial charge in [-0.3, -0.25) is 4.79 Å². The molecule has 1 atom stereocenters. The zero-order chi connectivity index (χ0) is 14.4. The molecule has 2 rings (SSSR count). The summed E-state index contributed by atoms with van der Waals surface area (Å²) in [5, 5.41) is 2.78. The molecule has 1 aliphatic carbocycles. The number of nitrogens with one attached hydrogen (secondary N) is 1. The van der Waals surface area contributed by atoms with Crippen LogP contribution in [0.1, 0.15) is 30.9 Å². The predicted octanol–water partition coefficient (Wildman–Crippen LogP) is 2.10. The molecule has 0 heterocycles. The molecule has 4 nitrogen and oxygen atoms in total. The summed E-state index contributed by atoms with van der Waals surface area (Å²) < 4.78 is 10.6. The van der Waals surface area contributed by atoms with Crippen molar-refractivity contribution in [3.05, 3.63) is 29.3 Å². The number of hydrogen-bond acceptors (Lipinski definition) is 3. The van der Waals surface area contributed by atoms with E-state index in [-0.39, 0.29) is 5.91 Å². The second-order valence-corrected chi connectivity index (χ2v) is 5.18. The van der Waals surface area contributed by atoms with E-state index in [0.717, 1.165) is 18.6 Å². The number of hydrogen-bond donors (Lipinski definition) is 1. The quantitative estimate of drug-likeness (QED) is 0.810. The van der Waals surface area contributed by atoms with Gasteiger partial charge in [-0.2, -0.15) is 0 Å². The van der Waals surface area contributed by atoms with Gasteiger partial charge in [0.25, 0.3) is 5.91 Å². The average Bonchev–Trinajstić information content (AvgIpc) is 2.47. The van der Waals surface area contributed by atoms with Crippen LogP contribution in [-0.2, 0) is 22.4 Å². The van der Waals surface area contributed by atoms with Gasteiger partial charge in [0.1, 0.15) is 5.75 Å². The number of fused-ring (bicyclic) bond motifs is 1. The number of aryl methyl sites for hydroxylation is 2. The second-order valence-electron chi connectivity index (χ2n) is 5.18. The number of benzene rings is 1. The van der Waals surface area contributed by atoms with Crippen molar-refractivity contribution in [2.75, 3.05) is 20.3 Å². The van der Waals surface area contributed by atoms with Crippen LogP contribution < -0.4 is 10.1 Å². The van der Waals surface area contributed by atoms with Gasteiger partial charge < -0.3 is 14.8 Å². The van der Waals surface area contributed by atoms with E-state index in [4.69, 9.17) is 9.47 Å². The first-order valence-corrected chi connectivity index (χ1v) is 7.26. The number of methoxy groups -OCH3 is 1. The van der Waals surface area contributed by atoms with Crippen molar-refractivity contribution in [1.82, 2.24) is 5.32 Å². The van der Waals surface area contributed by atoms with Gasteiger partial charge in [0, 0.05) is 13.7 Å². The highest BCUT2D eigenvalue weighted by Crippen LogP contribution is 2.25. The standard InChI is InChI=1S/C16H23NO3/c1-12(16(18)17-9-10-19-2)20-15-8-7-13-5-3-4-6-14(13)11-15/h7-8,11-12H,3-6,9-10H2,1-2H3,(H,17,18)/t12-/m1/s1. The Hall–Kier alpha value is -1.55. The maximum absolute atomic E-state index is 11.8. The summed E-state index contributed by atoms with van der Waals surface area (Å²) in [4.78, 5) is 11.8. The van der Waals surface area contributed by atoms with Crippen LogP contribution in [0.15, 0.2) is 18.2 Å². The fraction of sp³-hybridized carbons (Fsp3) is 0.562. The van der Waals surface area contributed by atoms with Gasteiger partial charge in [0.2, 0.25) is 0 Å². The van der Waals surface area contributed by atoms with E-state index in [1.165, 1.54) is 24.0 Å². The summed E-state index contributed by atoms with van der Waals surface area (Å²) >= 11 is 0. The lowest BCUT2D eigenvalue weighted by molar-refractivity contribution is -0.127. The van der Waals surface area contributed by atoms with Crippen molar-refractivity contribution in [3.8, 4) is 5.75 Å². The van der Waals surface area contributed by atoms with Crippen LogP contribution in [-0.4, -0.2) is 32.3 Å². The van der Waals surface area contributed by atoms with Gasteiger partial charge in [-0.25, -0.2) is 0 Å². The molecule has 0 saturated heterocycles. The molecular formula is C16H23NO3. The van der Waals surface area contributed by atoms with Crippen LogP contribution in [0, 0.1) is 0 Å². The molecule has 1 N–H and O–H groups in total. The molecular weight excluding hydrogens is 254 g/mol. The van der Waals surface area contributed by atoms with E-state index in [2.05, 4.69) is 17.4 Å². The molecule has 1 aromatic carbocycles. The van der Waals surface area contributed by atoms with Crippen LogP contribution in [0.25, 0.3) is 0 Å². The van der Waals surface area contributed by atoms with Crippen molar-refractivity contribution in [2.24, 2.45) is 0 Å². The summed E-state index contributed by atoms with van der Waals surface area (Å²) in [7, 11) is 1.61. The first-order valence-electron chi connectivity index (χ1n) is 7.26. The Morgan fingerprint density at radius 2 is 2.05 bits per heavy atom. The molecule has 1 amide bonds. The van der Waals surface area contributed by atoms with Gasteiger partial charge in [-0.05, 0) is 55.9 Å². The van der Waals surface area contributed by atoms with Gasteiger partial charge in [0.05, 0.1) is 6.61 Å². The zero-order valence-electron chi connectivity index (χ0n) is 12.3. The summed E-state index contributed by atoms with van der Waals surface area (Å²) in [5.41, 5.74) is 2.78. The molecule has 0 saturated carbocycles. The first-order chi connectivity index (χ1) is 9.70. The highest BCUT2D eigenvalue weighted by atomic mass is 16.5. The van der Waals surface area contributed by atoms with E-state index >= 15 is 0 Å². The second kappa shape index (κ2) is 7.29. The van der Waals surface area contributed by atoms with Gasteiger partial charge in [0.15, 0.2) is 6.10 Å². The van der Waals surface area contributed by atoms with Crippen LogP contribution in [0.2, 0.25) is 0 Å². The molecule has 20 heavy (non-hydrogen) atoms. The third kappa shape index (κ3) is 3.97. The minimum atomic E-state index is -0.492. The normalized spacial score (nSPS) is 15.3. The summed E-state index contributed by atoms with van der Waals surface area (Å²) in [6, 6.07) is 6.16. The summed E-state index contributed by atoms with van der Waals surface area (Å²) in [5.74, 6) is 0.666. The molecule has 0 aromatic heterocycles. The highest BCUT2D eigenvalue weighted by Gasteiger charge is 2.15. The van der Waals surface area contributed by atoms with Crippen molar-refractivity contribution >= 4 is 5.91 Å². The van der Waals surface area contributed by atoms with E-state index < -0.39 is 6.10 Å². The lowest BCUT2D eigenvalue weighted by Gasteiger charge is -2.19. The van der Waals surface area contributed by atoms with Gasteiger partial charge >= 0.3 is 0 Å². The fourth-order valence-electron chi connectivity index (χ4n) is 2.46. The number of carbonyl (C=O) groups excluding carboxylic acids is 1. The number of ether oxygens (including phenoxy) is 2. The van der Waals surface area contributed by atoms with Gasteiger partial charge in [-0.15, -0.1) is 0 Å². The predicted molar refractivity (Wildman–Crippen MR) is 78.1 cm³/mol. The Balaban J connectivity index is 1.90. The van der Waals surface area contributed by atoms with E-state index in [0.29, 0.717) is 13.2 Å². The van der Waals surface area contributed by atoms with E-state index in [1.54, 1.807) is 14.0 Å². The molecule has 1 aromatic rings. The Morgan fingerprint density at radius 1 is 1.30 bits per heavy atom. The van der Waals surface area contributed by atoms with Gasteiger partial charge in [-0.1, -0.05) is 6.07 Å². The monoisotopic (exact) mass is 277 g/mol. The van der Waals surface area contributed by atoms with Crippen molar-refractivity contribution in [2.45, 2.75) is 38.7 Å². The molecule has 1 aliphatic rings. The Morgan fingerprint density at radius 3 is 2.80 bits per heavy atom. The highest BCUT2D eigenvalue weighted by molar-refractivity contribution is 5.80. The van der Waals surface area contributed by atoms with Crippen LogP contribution in [0.4, 0.5) is 0 Å². The van der Waals surface area contributed by atoms with Crippen LogP contribution in [0.5, 0.6) is 5.75 Å². The smallest absolute Gasteiger partial charge is 0.260 e. The Kier molecular flexibility index (Phi) is 5.41. The number of carbonyl (C=O) groups is 1. The number of rotatable bonds is 6. The number of amides is 1. The van der Waals surface area contributed by atoms with Crippen LogP contribution >= 0.6 is 0 Å². The maximum atomic E-state index is 11.8. The average molecular weight is 277 g/mol. The van der Waals surface area contributed by atoms with Crippen molar-refractivity contribution in [3.63, 3.8) is 0 Å². The van der Waals surface area contributed by atoms with Crippen molar-refractivity contribution < 1.29 is 14.3 Å². The Labute approximate surface area is 120 Å². The van der Waals surface area contributed by atoms with Crippen molar-refractivity contribution in [1.29, 1.82) is 0 Å². The lowest BCUT2D eigenvalue weighted by Crippen LogP contribution is -2.37. The van der Waals surface area contributed by atoms with E-state index in [1.807, 2.05) is 6.07 Å². The summed E-state index contributed by atoms with van der Waals surface area (Å²) in [6.45, 7) is 2.78. The molecule has 0 spiro atoms. The minimum absolute atomic E-state index is 0.111. The maximum Gasteiger partial charge on any atom is 0.260 e. The lowest BCUT2D eigenvalue weighted by atomic mass is 9.92. The minimum Gasteiger partial charge on any atom is -0.481 e. The topological polar surface area (TPSA) is 47.6 Å². The largest absolute Gasteiger partial charge is 0.481 e. The Bertz CT molecular complexity index is 459. The fourth-order valence-corrected chi connectivity index (χ4v) is 2.46. The molecule has 0 radical (unpaired) electrons. The zero-order valence-corrected chi connectivity index (χ0v) is 12.3. The molecule has 110 valence electrons.